The third-order valence-electron chi connectivity index (χ3n) is 5.56. The van der Waals surface area contributed by atoms with E-state index in [1.165, 1.54) is 30.7 Å². The van der Waals surface area contributed by atoms with E-state index in [-0.39, 0.29) is 25.1 Å². The van der Waals surface area contributed by atoms with Crippen LogP contribution in [0.1, 0.15) is 42.9 Å². The first kappa shape index (κ1) is 22.4. The first-order valence-electron chi connectivity index (χ1n) is 10.1. The maximum absolute atomic E-state index is 14.6. The Hall–Kier alpha value is -3.28. The number of nitrogens with one attached hydrogen (secondary N) is 1. The molecule has 1 aliphatic rings. The van der Waals surface area contributed by atoms with Gasteiger partial charge in [0.2, 0.25) is 5.91 Å². The van der Waals surface area contributed by atoms with Crippen LogP contribution in [0.3, 0.4) is 0 Å². The predicted octanol–water partition coefficient (Wildman–Crippen LogP) is 2.39. The normalized spacial score (nSPS) is 19.8. The summed E-state index contributed by atoms with van der Waals surface area (Å²) in [6, 6.07) is 5.42. The molecule has 9 heteroatoms. The Morgan fingerprint density at radius 3 is 2.81 bits per heavy atom. The van der Waals surface area contributed by atoms with E-state index in [4.69, 9.17) is 0 Å². The third kappa shape index (κ3) is 4.74. The van der Waals surface area contributed by atoms with E-state index in [2.05, 4.69) is 9.97 Å². The molecule has 0 bridgehead atoms. The highest BCUT2D eigenvalue weighted by molar-refractivity contribution is 5.99. The van der Waals surface area contributed by atoms with Gasteiger partial charge in [0.1, 0.15) is 35.4 Å². The van der Waals surface area contributed by atoms with Gasteiger partial charge in [0.15, 0.2) is 0 Å². The number of carbonyl (C=O) groups excluding carboxylic acids is 3. The Morgan fingerprint density at radius 2 is 2.19 bits per heavy atom. The largest absolute Gasteiger partial charge is 0.335 e. The molecule has 3 rings (SSSR count). The van der Waals surface area contributed by atoms with Crippen molar-refractivity contribution in [3.05, 3.63) is 29.6 Å². The number of likely N-dealkylation sites (tertiary alicyclic amines) is 1. The number of aldehydes is 1. The van der Waals surface area contributed by atoms with E-state index >= 15 is 0 Å². The lowest BCUT2D eigenvalue weighted by Crippen LogP contribution is -2.52. The lowest BCUT2D eigenvalue weighted by atomic mass is 9.98. The van der Waals surface area contributed by atoms with Gasteiger partial charge in [-0.25, -0.2) is 9.37 Å². The number of alkyl halides is 1. The second-order valence-electron chi connectivity index (χ2n) is 8.70. The van der Waals surface area contributed by atoms with Crippen LogP contribution in [-0.4, -0.2) is 69.2 Å². The molecule has 1 saturated heterocycles. The molecule has 0 saturated carbocycles. The summed E-state index contributed by atoms with van der Waals surface area (Å²) in [6.45, 7) is 4.59. The number of hydrogen-bond acceptors (Lipinski definition) is 5. The van der Waals surface area contributed by atoms with Gasteiger partial charge in [0, 0.05) is 37.0 Å². The first-order chi connectivity index (χ1) is 14.5. The molecule has 0 radical (unpaired) electrons. The molecule has 1 aliphatic heterocycles. The molecule has 164 valence electrons. The van der Waals surface area contributed by atoms with Crippen LogP contribution in [0.25, 0.3) is 11.0 Å². The van der Waals surface area contributed by atoms with Gasteiger partial charge in [-0.2, -0.15) is 5.26 Å². The van der Waals surface area contributed by atoms with Crippen molar-refractivity contribution in [2.45, 2.75) is 51.4 Å². The summed E-state index contributed by atoms with van der Waals surface area (Å²) in [4.78, 5) is 47.5. The molecule has 2 aromatic heterocycles. The molecule has 8 nitrogen and oxygen atoms in total. The molecule has 0 spiro atoms. The van der Waals surface area contributed by atoms with E-state index in [1.54, 1.807) is 6.07 Å². The number of H-pyrrole nitrogens is 1. The van der Waals surface area contributed by atoms with Crippen LogP contribution < -0.4 is 0 Å². The van der Waals surface area contributed by atoms with Crippen LogP contribution in [0.4, 0.5) is 4.39 Å². The molecule has 31 heavy (non-hydrogen) atoms. The Labute approximate surface area is 180 Å². The number of rotatable bonds is 6. The number of aryl methyl sites for hydroxylation is 1. The number of amides is 2. The summed E-state index contributed by atoms with van der Waals surface area (Å²) >= 11 is 0. The van der Waals surface area contributed by atoms with Crippen LogP contribution >= 0.6 is 0 Å². The molecule has 1 N–H and O–H groups in total. The van der Waals surface area contributed by atoms with Crippen molar-refractivity contribution in [2.75, 3.05) is 13.6 Å². The standard InChI is InChI=1S/C22H26FN5O3/c1-13-5-6-15-8-17(26-19(15)25-13)20(30)27(4)18(9-22(2,3)23)21(31)28-11-14(12-29)7-16(28)10-24/h5-6,8,12,14,16,18H,7,9,11H2,1-4H3,(H,25,26). The zero-order valence-electron chi connectivity index (χ0n) is 18.1. The Bertz CT molecular complexity index is 1050. The number of pyridine rings is 1. The van der Waals surface area contributed by atoms with Crippen molar-refractivity contribution in [3.8, 4) is 6.07 Å². The molecule has 2 aromatic rings. The van der Waals surface area contributed by atoms with Crippen LogP contribution in [-0.2, 0) is 9.59 Å². The molecule has 0 aliphatic carbocycles. The zero-order chi connectivity index (χ0) is 22.9. The lowest BCUT2D eigenvalue weighted by molar-refractivity contribution is -0.137. The highest BCUT2D eigenvalue weighted by atomic mass is 19.1. The van der Waals surface area contributed by atoms with Gasteiger partial charge in [-0.15, -0.1) is 0 Å². The Morgan fingerprint density at radius 1 is 1.48 bits per heavy atom. The summed E-state index contributed by atoms with van der Waals surface area (Å²) in [7, 11) is 1.44. The van der Waals surface area contributed by atoms with Crippen molar-refractivity contribution in [1.29, 1.82) is 5.26 Å². The average molecular weight is 427 g/mol. The van der Waals surface area contributed by atoms with Gasteiger partial charge in [0.25, 0.3) is 5.91 Å². The van der Waals surface area contributed by atoms with Gasteiger partial charge in [-0.1, -0.05) is 0 Å². The highest BCUT2D eigenvalue weighted by Gasteiger charge is 2.42. The molecule has 0 aromatic carbocycles. The summed E-state index contributed by atoms with van der Waals surface area (Å²) < 4.78 is 14.6. The fourth-order valence-corrected chi connectivity index (χ4v) is 3.92. The number of nitrogens with zero attached hydrogens (tertiary/aromatic N) is 4. The highest BCUT2D eigenvalue weighted by Crippen LogP contribution is 2.27. The monoisotopic (exact) mass is 427 g/mol. The van der Waals surface area contributed by atoms with Crippen molar-refractivity contribution in [1.82, 2.24) is 19.8 Å². The minimum Gasteiger partial charge on any atom is -0.335 e. The quantitative estimate of drug-likeness (QED) is 0.712. The van der Waals surface area contributed by atoms with Crippen LogP contribution in [0.2, 0.25) is 0 Å². The van der Waals surface area contributed by atoms with Crippen molar-refractivity contribution in [3.63, 3.8) is 0 Å². The van der Waals surface area contributed by atoms with Crippen molar-refractivity contribution >= 4 is 29.1 Å². The number of fused-ring (bicyclic) bond motifs is 1. The van der Waals surface area contributed by atoms with Gasteiger partial charge in [-0.05, 0) is 45.4 Å². The Balaban J connectivity index is 1.91. The van der Waals surface area contributed by atoms with Gasteiger partial charge < -0.3 is 19.6 Å². The number of hydrogen-bond donors (Lipinski definition) is 1. The lowest BCUT2D eigenvalue weighted by Gasteiger charge is -2.34. The summed E-state index contributed by atoms with van der Waals surface area (Å²) in [5.41, 5.74) is -0.174. The molecule has 3 unspecified atom stereocenters. The smallest absolute Gasteiger partial charge is 0.270 e. The van der Waals surface area contributed by atoms with Gasteiger partial charge in [0.05, 0.1) is 6.07 Å². The van der Waals surface area contributed by atoms with E-state index in [0.29, 0.717) is 5.65 Å². The number of likely N-dealkylation sites (N-methyl/N-ethyl adjacent to an activating group) is 1. The van der Waals surface area contributed by atoms with E-state index in [0.717, 1.165) is 17.4 Å². The second-order valence-corrected chi connectivity index (χ2v) is 8.70. The second kappa shape index (κ2) is 8.46. The van der Waals surface area contributed by atoms with Crippen LogP contribution in [0.15, 0.2) is 18.2 Å². The van der Waals surface area contributed by atoms with Gasteiger partial charge >= 0.3 is 0 Å². The van der Waals surface area contributed by atoms with E-state index < -0.39 is 35.5 Å². The number of carbonyl (C=O) groups is 3. The average Bonchev–Trinajstić information content (AvgIpc) is 3.33. The van der Waals surface area contributed by atoms with Crippen molar-refractivity contribution in [2.24, 2.45) is 5.92 Å². The van der Waals surface area contributed by atoms with Crippen LogP contribution in [0.5, 0.6) is 0 Å². The third-order valence-corrected chi connectivity index (χ3v) is 5.56. The number of aromatic amines is 1. The molecule has 1 fully saturated rings. The molecular formula is C22H26FN5O3. The van der Waals surface area contributed by atoms with Gasteiger partial charge in [-0.3, -0.25) is 9.59 Å². The molecule has 3 heterocycles. The fraction of sp³-hybridized carbons (Fsp3) is 0.500. The number of aromatic nitrogens is 2. The number of halogens is 1. The molecule has 2 amide bonds. The molecular weight excluding hydrogens is 401 g/mol. The summed E-state index contributed by atoms with van der Waals surface area (Å²) in [5.74, 6) is -1.47. The Kier molecular flexibility index (Phi) is 6.11. The van der Waals surface area contributed by atoms with Crippen LogP contribution in [0, 0.1) is 24.2 Å². The molecule has 3 atom stereocenters. The van der Waals surface area contributed by atoms with E-state index in [1.807, 2.05) is 25.1 Å². The fourth-order valence-electron chi connectivity index (χ4n) is 3.92. The minimum absolute atomic E-state index is 0.0847. The minimum atomic E-state index is -1.74. The maximum atomic E-state index is 14.6. The first-order valence-corrected chi connectivity index (χ1v) is 10.1. The predicted molar refractivity (Wildman–Crippen MR) is 112 cm³/mol. The zero-order valence-corrected chi connectivity index (χ0v) is 18.1. The van der Waals surface area contributed by atoms with Crippen molar-refractivity contribution < 1.29 is 18.8 Å². The number of nitriles is 1. The topological polar surface area (TPSA) is 110 Å². The van der Waals surface area contributed by atoms with E-state index in [9.17, 15) is 24.0 Å². The SMILES string of the molecule is Cc1ccc2cc(C(=O)N(C)C(CC(C)(C)F)C(=O)N3CC(C=O)CC3C#N)[nH]c2n1. The summed E-state index contributed by atoms with van der Waals surface area (Å²) in [6.07, 6.45) is 0.717. The maximum Gasteiger partial charge on any atom is 0.270 e. The summed E-state index contributed by atoms with van der Waals surface area (Å²) in [5, 5.41) is 10.2.